The van der Waals surface area contributed by atoms with Crippen LogP contribution < -0.4 is 0 Å². The molecule has 0 aliphatic carbocycles. The van der Waals surface area contributed by atoms with Gasteiger partial charge in [0, 0.05) is 17.9 Å². The van der Waals surface area contributed by atoms with Crippen molar-refractivity contribution in [2.45, 2.75) is 136 Å². The number of hydrogen-bond acceptors (Lipinski definition) is 0. The van der Waals surface area contributed by atoms with Crippen molar-refractivity contribution >= 4 is 110 Å². The molecule has 89 heavy (non-hydrogen) atoms. The standard InChI is InChI=1S/C10H8F6.C10H14.C8H8Br2.C8H8BrCl.C8H5BrF4.C8H8Cl2.C8H8ClF.C8H8F2/c1-5-3-6(2)8(10(14,15)16)7(4-5)9(11,12)13;1-7-5-8(2)10(4)9(3)6-7;1-5-3-6(2)8(10)7(9)4-5;1-5-3-6(2)8(9)7(10)4-5;1-4-2-5(9)3-6(10)7(4)8(11,12)13;3*1-5-3-6(2)8(10)7(9)4-5/h3-4H,1-2H3;5-6H,1-4H3;2*3-4H,1-2H3;2-3H,1H3;3*3-4H,1-2H3. The fourth-order valence-corrected chi connectivity index (χ4v) is 11.1. The van der Waals surface area contributed by atoms with Crippen molar-refractivity contribution in [2.24, 2.45) is 0 Å². The van der Waals surface area contributed by atoms with Crippen molar-refractivity contribution in [3.05, 3.63) is 270 Å². The Kier molecular flexibility index (Phi) is 33.9. The first-order valence-corrected chi connectivity index (χ1v) is 31.1. The molecular formula is C68H67Br4Cl4F13. The molecule has 0 nitrogen and oxygen atoms in total. The highest BCUT2D eigenvalue weighted by atomic mass is 79.9. The van der Waals surface area contributed by atoms with Crippen molar-refractivity contribution in [2.75, 3.05) is 0 Å². The van der Waals surface area contributed by atoms with E-state index < -0.39 is 58.2 Å². The summed E-state index contributed by atoms with van der Waals surface area (Å²) in [6, 6.07) is 26.4. The van der Waals surface area contributed by atoms with Crippen LogP contribution in [0.3, 0.4) is 0 Å². The second kappa shape index (κ2) is 36.4. The van der Waals surface area contributed by atoms with Gasteiger partial charge in [-0.25, -0.2) is 17.6 Å². The fraction of sp³-hybridized carbons (Fsp3) is 0.294. The number of hydrogen-bond donors (Lipinski definition) is 0. The quantitative estimate of drug-likeness (QED) is 0.133. The van der Waals surface area contributed by atoms with Gasteiger partial charge in [-0.15, -0.1) is 0 Å². The van der Waals surface area contributed by atoms with Gasteiger partial charge in [0.25, 0.3) is 0 Å². The highest BCUT2D eigenvalue weighted by Crippen LogP contribution is 2.43. The number of alkyl halides is 9. The van der Waals surface area contributed by atoms with Crippen molar-refractivity contribution in [1.29, 1.82) is 0 Å². The highest BCUT2D eigenvalue weighted by Gasteiger charge is 2.44. The smallest absolute Gasteiger partial charge is 0.206 e. The summed E-state index contributed by atoms with van der Waals surface area (Å²) in [4.78, 5) is 0. The Morgan fingerprint density at radius 3 is 1.04 bits per heavy atom. The Balaban J connectivity index is 0.000000512. The summed E-state index contributed by atoms with van der Waals surface area (Å²) in [5.41, 5.74) is 10.6. The van der Waals surface area contributed by atoms with E-state index in [0.29, 0.717) is 31.7 Å². The zero-order valence-electron chi connectivity index (χ0n) is 51.7. The van der Waals surface area contributed by atoms with E-state index in [1.807, 2.05) is 52.8 Å². The topological polar surface area (TPSA) is 0 Å². The fourth-order valence-electron chi connectivity index (χ4n) is 8.37. The summed E-state index contributed by atoms with van der Waals surface area (Å²) in [6.07, 6.45) is -14.6. The average molecular weight is 1590 g/mol. The second-order valence-electron chi connectivity index (χ2n) is 21.0. The lowest BCUT2D eigenvalue weighted by atomic mass is 9.98. The van der Waals surface area contributed by atoms with Gasteiger partial charge in [-0.05, 0) is 297 Å². The molecule has 0 spiro atoms. The van der Waals surface area contributed by atoms with Crippen molar-refractivity contribution in [3.8, 4) is 0 Å². The Morgan fingerprint density at radius 1 is 0.292 bits per heavy atom. The molecule has 0 saturated heterocycles. The van der Waals surface area contributed by atoms with Gasteiger partial charge in [0.1, 0.15) is 11.6 Å². The van der Waals surface area contributed by atoms with Gasteiger partial charge in [-0.3, -0.25) is 0 Å². The molecule has 0 heterocycles. The minimum atomic E-state index is -5.00. The summed E-state index contributed by atoms with van der Waals surface area (Å²) in [5, 5.41) is 2.29. The van der Waals surface area contributed by atoms with Gasteiger partial charge in [-0.1, -0.05) is 122 Å². The summed E-state index contributed by atoms with van der Waals surface area (Å²) >= 11 is 36.2. The molecule has 0 amide bonds. The number of rotatable bonds is 0. The largest absolute Gasteiger partial charge is 0.419 e. The predicted molar refractivity (Wildman–Crippen MR) is 358 cm³/mol. The van der Waals surface area contributed by atoms with Crippen LogP contribution in [0, 0.1) is 141 Å². The zero-order chi connectivity index (χ0) is 69.3. The van der Waals surface area contributed by atoms with E-state index in [4.69, 9.17) is 46.4 Å². The Labute approximate surface area is 568 Å². The molecule has 0 unspecified atom stereocenters. The summed E-state index contributed by atoms with van der Waals surface area (Å²) in [6.45, 7) is 31.2. The third-order valence-corrected chi connectivity index (χ3v) is 17.9. The molecule has 0 aliphatic heterocycles. The first kappa shape index (κ1) is 82.9. The summed E-state index contributed by atoms with van der Waals surface area (Å²) in [5.74, 6) is -3.07. The van der Waals surface area contributed by atoms with Crippen LogP contribution in [0.4, 0.5) is 57.1 Å². The van der Waals surface area contributed by atoms with Crippen molar-refractivity contribution in [3.63, 3.8) is 0 Å². The SMILES string of the molecule is Cc1cc(Br)cc(F)c1C(F)(F)F.Cc1cc(C)c(Br)c(Br)c1.Cc1cc(C)c(Br)c(Cl)c1.Cc1cc(C)c(C(F)(F)F)c(C(F)(F)F)c1.Cc1cc(C)c(C)c(C)c1.Cc1cc(C)c(Cl)c(Cl)c1.Cc1cc(C)c(F)c(Cl)c1.Cc1cc(C)c(F)c(F)c1. The van der Waals surface area contributed by atoms with E-state index in [9.17, 15) is 57.1 Å². The van der Waals surface area contributed by atoms with E-state index in [1.54, 1.807) is 39.0 Å². The predicted octanol–water partition coefficient (Wildman–Crippen LogP) is 28.0. The minimum Gasteiger partial charge on any atom is -0.206 e. The average Bonchev–Trinajstić information content (AvgIpc) is 3.05. The molecule has 486 valence electrons. The maximum absolute atomic E-state index is 12.9. The van der Waals surface area contributed by atoms with E-state index in [1.165, 1.54) is 70.5 Å². The molecule has 21 heteroatoms. The Morgan fingerprint density at radius 2 is 0.640 bits per heavy atom. The number of benzene rings is 8. The van der Waals surface area contributed by atoms with Gasteiger partial charge in [0.05, 0.1) is 36.8 Å². The first-order valence-electron chi connectivity index (χ1n) is 26.5. The van der Waals surface area contributed by atoms with Gasteiger partial charge in [0.15, 0.2) is 11.6 Å². The molecule has 0 aliphatic rings. The van der Waals surface area contributed by atoms with Crippen LogP contribution in [-0.2, 0) is 18.5 Å². The van der Waals surface area contributed by atoms with Crippen LogP contribution >= 0.6 is 110 Å². The molecule has 0 saturated carbocycles. The van der Waals surface area contributed by atoms with Gasteiger partial charge in [0.2, 0.25) is 0 Å². The van der Waals surface area contributed by atoms with Crippen molar-refractivity contribution in [1.82, 2.24) is 0 Å². The first-order chi connectivity index (χ1) is 40.5. The van der Waals surface area contributed by atoms with Crippen LogP contribution in [0.25, 0.3) is 0 Å². The van der Waals surface area contributed by atoms with E-state index in [-0.39, 0.29) is 22.0 Å². The zero-order valence-corrected chi connectivity index (χ0v) is 61.0. The molecule has 0 aromatic heterocycles. The van der Waals surface area contributed by atoms with Crippen LogP contribution in [0.2, 0.25) is 20.1 Å². The minimum absolute atomic E-state index is 0.126. The summed E-state index contributed by atoms with van der Waals surface area (Å²) in [7, 11) is 0. The van der Waals surface area contributed by atoms with Crippen molar-refractivity contribution < 1.29 is 57.1 Å². The van der Waals surface area contributed by atoms with Gasteiger partial charge in [-0.2, -0.15) is 39.5 Å². The molecule has 8 aromatic carbocycles. The third-order valence-electron chi connectivity index (χ3n) is 12.4. The molecule has 0 radical (unpaired) electrons. The lowest BCUT2D eigenvalue weighted by molar-refractivity contribution is -0.162. The van der Waals surface area contributed by atoms with E-state index in [2.05, 4.69) is 136 Å². The van der Waals surface area contributed by atoms with Gasteiger partial charge >= 0.3 is 18.5 Å². The van der Waals surface area contributed by atoms with Gasteiger partial charge < -0.3 is 0 Å². The molecule has 0 N–H and O–H groups in total. The third kappa shape index (κ3) is 28.0. The monoisotopic (exact) mass is 1590 g/mol. The molecule has 0 bridgehead atoms. The van der Waals surface area contributed by atoms with Crippen LogP contribution in [0.15, 0.2) is 115 Å². The molecule has 8 rings (SSSR count). The normalized spacial score (nSPS) is 10.8. The van der Waals surface area contributed by atoms with E-state index >= 15 is 0 Å². The number of halogens is 21. The molecule has 0 fully saturated rings. The number of aryl methyl sites for hydroxylation is 16. The van der Waals surface area contributed by atoms with E-state index in [0.717, 1.165) is 59.8 Å². The lowest BCUT2D eigenvalue weighted by Crippen LogP contribution is -2.18. The van der Waals surface area contributed by atoms with Crippen LogP contribution in [-0.4, -0.2) is 0 Å². The summed E-state index contributed by atoms with van der Waals surface area (Å²) < 4.78 is 166. The highest BCUT2D eigenvalue weighted by molar-refractivity contribution is 9.13. The molecule has 0 atom stereocenters. The maximum Gasteiger partial charge on any atom is 0.419 e. The Hall–Kier alpha value is -4.07. The van der Waals surface area contributed by atoms with Crippen LogP contribution in [0.1, 0.15) is 111 Å². The second-order valence-corrected chi connectivity index (χ2v) is 25.9. The lowest BCUT2D eigenvalue weighted by Gasteiger charge is -2.18. The Bertz CT molecular complexity index is 3110. The van der Waals surface area contributed by atoms with Crippen LogP contribution in [0.5, 0.6) is 0 Å². The molecule has 8 aromatic rings. The maximum atomic E-state index is 12.9. The molecular weight excluding hydrogens is 1530 g/mol.